The minimum atomic E-state index is -0.829. The summed E-state index contributed by atoms with van der Waals surface area (Å²) >= 11 is 0. The molecule has 31 heavy (non-hydrogen) atoms. The van der Waals surface area contributed by atoms with E-state index < -0.39 is 6.09 Å². The van der Waals surface area contributed by atoms with Crippen molar-refractivity contribution in [3.8, 4) is 11.8 Å². The van der Waals surface area contributed by atoms with Gasteiger partial charge >= 0.3 is 6.09 Å². The van der Waals surface area contributed by atoms with Gasteiger partial charge in [0.1, 0.15) is 24.1 Å². The number of piperidine rings is 1. The zero-order valence-corrected chi connectivity index (χ0v) is 17.4. The molecular weight excluding hydrogens is 396 g/mol. The van der Waals surface area contributed by atoms with E-state index in [0.29, 0.717) is 31.3 Å². The van der Waals surface area contributed by atoms with Crippen molar-refractivity contribution in [2.24, 2.45) is 5.92 Å². The van der Waals surface area contributed by atoms with Crippen LogP contribution in [0.25, 0.3) is 11.0 Å². The number of nitriles is 1. The largest absolute Gasteiger partial charge is 0.488 e. The average Bonchev–Trinajstić information content (AvgIpc) is 3.21. The van der Waals surface area contributed by atoms with Gasteiger partial charge in [-0.05, 0) is 56.7 Å². The van der Waals surface area contributed by atoms with Gasteiger partial charge in [0.05, 0.1) is 5.69 Å². The Kier molecular flexibility index (Phi) is 6.03. The SMILES string of the molecule is Cc1c(OCc2ccc(C#N)nc2)ccc2c(CCC3CCN(C(=O)O)CC3)noc12. The summed E-state index contributed by atoms with van der Waals surface area (Å²) in [5.74, 6) is 1.23. The van der Waals surface area contributed by atoms with Crippen LogP contribution < -0.4 is 4.74 Å². The minimum absolute atomic E-state index is 0.348. The Morgan fingerprint density at radius 2 is 2.13 bits per heavy atom. The molecule has 160 valence electrons. The number of nitrogens with zero attached hydrogens (tertiary/aromatic N) is 4. The number of pyridine rings is 1. The molecule has 0 bridgehead atoms. The van der Waals surface area contributed by atoms with Crippen LogP contribution in [-0.2, 0) is 13.0 Å². The number of likely N-dealkylation sites (tertiary alicyclic amines) is 1. The highest BCUT2D eigenvalue weighted by Gasteiger charge is 2.23. The number of fused-ring (bicyclic) bond motifs is 1. The highest BCUT2D eigenvalue weighted by atomic mass is 16.5. The van der Waals surface area contributed by atoms with Crippen LogP contribution >= 0.6 is 0 Å². The summed E-state index contributed by atoms with van der Waals surface area (Å²) in [6.07, 6.45) is 4.37. The summed E-state index contributed by atoms with van der Waals surface area (Å²) in [5, 5.41) is 23.2. The second kappa shape index (κ2) is 9.04. The van der Waals surface area contributed by atoms with E-state index in [4.69, 9.17) is 19.6 Å². The fourth-order valence-corrected chi connectivity index (χ4v) is 4.00. The third-order valence-corrected chi connectivity index (χ3v) is 5.92. The maximum absolute atomic E-state index is 11.0. The zero-order chi connectivity index (χ0) is 21.8. The molecule has 1 fully saturated rings. The van der Waals surface area contributed by atoms with Gasteiger partial charge in [-0.1, -0.05) is 11.2 Å². The lowest BCUT2D eigenvalue weighted by Gasteiger charge is -2.29. The number of hydrogen-bond donors (Lipinski definition) is 1. The quantitative estimate of drug-likeness (QED) is 0.632. The molecule has 0 saturated carbocycles. The van der Waals surface area contributed by atoms with E-state index in [1.54, 1.807) is 12.3 Å². The second-order valence-electron chi connectivity index (χ2n) is 7.90. The Bertz CT molecular complexity index is 1110. The lowest BCUT2D eigenvalue weighted by Crippen LogP contribution is -2.37. The van der Waals surface area contributed by atoms with Gasteiger partial charge in [0.2, 0.25) is 0 Å². The molecule has 0 atom stereocenters. The molecule has 0 spiro atoms. The predicted octanol–water partition coefficient (Wildman–Crippen LogP) is 4.30. The van der Waals surface area contributed by atoms with Crippen molar-refractivity contribution in [1.82, 2.24) is 15.0 Å². The molecule has 1 aromatic carbocycles. The number of benzene rings is 1. The monoisotopic (exact) mass is 420 g/mol. The van der Waals surface area contributed by atoms with E-state index in [9.17, 15) is 4.79 Å². The van der Waals surface area contributed by atoms with Crippen LogP contribution in [0.3, 0.4) is 0 Å². The molecule has 1 aliphatic rings. The first-order chi connectivity index (χ1) is 15.0. The highest BCUT2D eigenvalue weighted by molar-refractivity contribution is 5.84. The molecule has 4 rings (SSSR count). The number of carbonyl (C=O) groups is 1. The molecule has 8 heteroatoms. The van der Waals surface area contributed by atoms with E-state index in [1.807, 2.05) is 31.2 Å². The zero-order valence-electron chi connectivity index (χ0n) is 17.4. The molecule has 3 heterocycles. The number of carboxylic acid groups (broad SMARTS) is 1. The maximum atomic E-state index is 11.0. The molecule has 0 aliphatic carbocycles. The van der Waals surface area contributed by atoms with Crippen molar-refractivity contribution in [3.05, 3.63) is 53.0 Å². The summed E-state index contributed by atoms with van der Waals surface area (Å²) in [5.41, 5.74) is 3.81. The molecule has 0 radical (unpaired) electrons. The maximum Gasteiger partial charge on any atom is 0.407 e. The number of aromatic nitrogens is 2. The van der Waals surface area contributed by atoms with Crippen LogP contribution in [0, 0.1) is 24.2 Å². The van der Waals surface area contributed by atoms with E-state index in [0.717, 1.165) is 59.2 Å². The molecule has 1 N–H and O–H groups in total. The third kappa shape index (κ3) is 4.61. The van der Waals surface area contributed by atoms with Gasteiger partial charge in [0.25, 0.3) is 0 Å². The summed E-state index contributed by atoms with van der Waals surface area (Å²) in [4.78, 5) is 16.6. The third-order valence-electron chi connectivity index (χ3n) is 5.92. The van der Waals surface area contributed by atoms with Crippen LogP contribution in [0.5, 0.6) is 5.75 Å². The normalized spacial score (nSPS) is 14.5. The van der Waals surface area contributed by atoms with E-state index in [2.05, 4.69) is 10.1 Å². The van der Waals surface area contributed by atoms with Gasteiger partial charge in [-0.15, -0.1) is 0 Å². The predicted molar refractivity (Wildman–Crippen MR) is 113 cm³/mol. The number of hydrogen-bond acceptors (Lipinski definition) is 6. The summed E-state index contributed by atoms with van der Waals surface area (Å²) in [6.45, 7) is 3.51. The van der Waals surface area contributed by atoms with Crippen LogP contribution in [0.15, 0.2) is 35.0 Å². The first-order valence-corrected chi connectivity index (χ1v) is 10.4. The topological polar surface area (TPSA) is 112 Å². The second-order valence-corrected chi connectivity index (χ2v) is 7.90. The molecule has 1 aliphatic heterocycles. The van der Waals surface area contributed by atoms with Crippen molar-refractivity contribution in [1.29, 1.82) is 5.26 Å². The van der Waals surface area contributed by atoms with Gasteiger partial charge in [-0.3, -0.25) is 0 Å². The Labute approximate surface area is 180 Å². The molecule has 8 nitrogen and oxygen atoms in total. The summed E-state index contributed by atoms with van der Waals surface area (Å²) in [7, 11) is 0. The Morgan fingerprint density at radius 1 is 1.32 bits per heavy atom. The van der Waals surface area contributed by atoms with E-state index in [1.165, 1.54) is 4.90 Å². The van der Waals surface area contributed by atoms with Gasteiger partial charge in [0, 0.05) is 35.8 Å². The average molecular weight is 420 g/mol. The van der Waals surface area contributed by atoms with Crippen molar-refractivity contribution in [3.63, 3.8) is 0 Å². The molecule has 1 amide bonds. The Hall–Kier alpha value is -3.60. The lowest BCUT2D eigenvalue weighted by atomic mass is 9.91. The smallest absolute Gasteiger partial charge is 0.407 e. The number of ether oxygens (including phenoxy) is 1. The van der Waals surface area contributed by atoms with Crippen molar-refractivity contribution in [2.45, 2.75) is 39.2 Å². The first-order valence-electron chi connectivity index (χ1n) is 10.4. The fraction of sp³-hybridized carbons (Fsp3) is 0.391. The molecule has 1 saturated heterocycles. The van der Waals surface area contributed by atoms with Crippen molar-refractivity contribution >= 4 is 17.1 Å². The number of rotatable bonds is 6. The summed E-state index contributed by atoms with van der Waals surface area (Å²) < 4.78 is 11.6. The fourth-order valence-electron chi connectivity index (χ4n) is 4.00. The molecular formula is C23H24N4O4. The van der Waals surface area contributed by atoms with Crippen LogP contribution in [0.1, 0.15) is 41.8 Å². The first kappa shape index (κ1) is 20.7. The van der Waals surface area contributed by atoms with Crippen LogP contribution in [-0.4, -0.2) is 39.3 Å². The highest BCUT2D eigenvalue weighted by Crippen LogP contribution is 2.31. The van der Waals surface area contributed by atoms with Crippen LogP contribution in [0.4, 0.5) is 4.79 Å². The molecule has 2 aromatic heterocycles. The number of amides is 1. The van der Waals surface area contributed by atoms with Crippen LogP contribution in [0.2, 0.25) is 0 Å². The standard InChI is InChI=1S/C23H24N4O4/c1-15-21(30-14-17-2-4-18(12-24)25-13-17)7-5-19-20(26-31-22(15)19)6-3-16-8-10-27(11-9-16)23(28)29/h2,4-5,7,13,16H,3,6,8-11,14H2,1H3,(H,28,29). The van der Waals surface area contributed by atoms with Gasteiger partial charge in [-0.2, -0.15) is 5.26 Å². The van der Waals surface area contributed by atoms with E-state index in [-0.39, 0.29) is 0 Å². The lowest BCUT2D eigenvalue weighted by molar-refractivity contribution is 0.123. The molecule has 0 unspecified atom stereocenters. The van der Waals surface area contributed by atoms with Crippen molar-refractivity contribution in [2.75, 3.05) is 13.1 Å². The van der Waals surface area contributed by atoms with Gasteiger partial charge in [-0.25, -0.2) is 9.78 Å². The van der Waals surface area contributed by atoms with Crippen molar-refractivity contribution < 1.29 is 19.2 Å². The van der Waals surface area contributed by atoms with Gasteiger partial charge < -0.3 is 19.3 Å². The molecule has 3 aromatic rings. The summed E-state index contributed by atoms with van der Waals surface area (Å²) in [6, 6.07) is 9.41. The Balaban J connectivity index is 1.38. The Morgan fingerprint density at radius 3 is 2.81 bits per heavy atom. The minimum Gasteiger partial charge on any atom is -0.488 e. The van der Waals surface area contributed by atoms with E-state index >= 15 is 0 Å². The number of aryl methyl sites for hydroxylation is 2. The van der Waals surface area contributed by atoms with Gasteiger partial charge in [0.15, 0.2) is 5.58 Å².